The van der Waals surface area contributed by atoms with Gasteiger partial charge in [0.05, 0.1) is 11.8 Å². The topological polar surface area (TPSA) is 42.2 Å². The molecule has 3 nitrogen and oxygen atoms in total. The van der Waals surface area contributed by atoms with Crippen LogP contribution in [-0.2, 0) is 0 Å². The molecule has 1 saturated carbocycles. The Morgan fingerprint density at radius 1 is 1.69 bits per heavy atom. The lowest BCUT2D eigenvalue weighted by atomic mass is 10.1. The summed E-state index contributed by atoms with van der Waals surface area (Å²) in [7, 11) is 0. The van der Waals surface area contributed by atoms with Crippen LogP contribution < -0.4 is 5.32 Å². The zero-order chi connectivity index (χ0) is 11.5. The van der Waals surface area contributed by atoms with Gasteiger partial charge in [-0.05, 0) is 40.8 Å². The summed E-state index contributed by atoms with van der Waals surface area (Å²) >= 11 is 3.21. The van der Waals surface area contributed by atoms with Gasteiger partial charge in [-0.3, -0.25) is 4.79 Å². The Kier molecular flexibility index (Phi) is 3.69. The average molecular weight is 286 g/mol. The highest BCUT2D eigenvalue weighted by Gasteiger charge is 2.26. The summed E-state index contributed by atoms with van der Waals surface area (Å²) in [5.74, 6) is 0.783. The van der Waals surface area contributed by atoms with Gasteiger partial charge in [0.1, 0.15) is 0 Å². The van der Waals surface area contributed by atoms with Crippen molar-refractivity contribution in [3.8, 4) is 0 Å². The van der Waals surface area contributed by atoms with E-state index in [2.05, 4.69) is 28.2 Å². The maximum Gasteiger partial charge on any atom is 0.255 e. The van der Waals surface area contributed by atoms with Crippen LogP contribution in [0.1, 0.15) is 43.0 Å². The van der Waals surface area contributed by atoms with Crippen molar-refractivity contribution in [3.63, 3.8) is 0 Å². The van der Waals surface area contributed by atoms with E-state index < -0.39 is 0 Å². The molecule has 1 aliphatic carbocycles. The van der Waals surface area contributed by atoms with Gasteiger partial charge < -0.3 is 9.73 Å². The summed E-state index contributed by atoms with van der Waals surface area (Å²) in [4.78, 5) is 11.9. The maximum absolute atomic E-state index is 11.9. The molecule has 16 heavy (non-hydrogen) atoms. The molecule has 0 aliphatic heterocycles. The molecular formula is C12H16BrNO2. The monoisotopic (exact) mass is 285 g/mol. The number of rotatable bonds is 5. The fourth-order valence-electron chi connectivity index (χ4n) is 1.80. The first-order valence-electron chi connectivity index (χ1n) is 5.74. The van der Waals surface area contributed by atoms with Crippen LogP contribution in [0.15, 0.2) is 21.4 Å². The Bertz CT molecular complexity index is 371. The third kappa shape index (κ3) is 2.88. The highest BCUT2D eigenvalue weighted by atomic mass is 79.9. The van der Waals surface area contributed by atoms with Gasteiger partial charge in [-0.15, -0.1) is 0 Å². The second-order valence-electron chi connectivity index (χ2n) is 4.37. The standard InChI is InChI=1S/C12H16BrNO2/c1-2-9(7-8-3-4-8)14-12(15)10-5-6-16-11(10)13/h5-6,8-9H,2-4,7H2,1H3,(H,14,15). The van der Waals surface area contributed by atoms with E-state index >= 15 is 0 Å². The average Bonchev–Trinajstić information content (AvgIpc) is 2.97. The fraction of sp³-hybridized carbons (Fsp3) is 0.583. The highest BCUT2D eigenvalue weighted by molar-refractivity contribution is 9.10. The van der Waals surface area contributed by atoms with E-state index in [1.807, 2.05) is 0 Å². The summed E-state index contributed by atoms with van der Waals surface area (Å²) in [6.45, 7) is 2.11. The Morgan fingerprint density at radius 3 is 2.94 bits per heavy atom. The van der Waals surface area contributed by atoms with Crippen LogP contribution in [0.25, 0.3) is 0 Å². The number of nitrogens with one attached hydrogen (secondary N) is 1. The molecular weight excluding hydrogens is 270 g/mol. The predicted octanol–water partition coefficient (Wildman–Crippen LogP) is 3.35. The smallest absolute Gasteiger partial charge is 0.255 e. The van der Waals surface area contributed by atoms with Crippen molar-refractivity contribution in [1.29, 1.82) is 0 Å². The Labute approximate surface area is 104 Å². The number of furan rings is 1. The van der Waals surface area contributed by atoms with Crippen molar-refractivity contribution in [2.24, 2.45) is 5.92 Å². The van der Waals surface area contributed by atoms with Gasteiger partial charge in [-0.1, -0.05) is 19.8 Å². The summed E-state index contributed by atoms with van der Waals surface area (Å²) in [5.41, 5.74) is 0.578. The second kappa shape index (κ2) is 5.04. The first-order chi connectivity index (χ1) is 7.70. The minimum absolute atomic E-state index is 0.0480. The molecule has 0 radical (unpaired) electrons. The lowest BCUT2D eigenvalue weighted by Gasteiger charge is -2.16. The summed E-state index contributed by atoms with van der Waals surface area (Å²) in [6.07, 6.45) is 6.25. The van der Waals surface area contributed by atoms with Gasteiger partial charge >= 0.3 is 0 Å². The van der Waals surface area contributed by atoms with Gasteiger partial charge in [0, 0.05) is 6.04 Å². The molecule has 4 heteroatoms. The number of carbonyl (C=O) groups excluding carboxylic acids is 1. The molecule has 88 valence electrons. The van der Waals surface area contributed by atoms with Crippen LogP contribution in [0.4, 0.5) is 0 Å². The molecule has 0 aromatic carbocycles. The molecule has 2 rings (SSSR count). The van der Waals surface area contributed by atoms with E-state index in [-0.39, 0.29) is 5.91 Å². The maximum atomic E-state index is 11.9. The summed E-state index contributed by atoms with van der Waals surface area (Å²) in [5, 5.41) is 3.05. The first kappa shape index (κ1) is 11.7. The van der Waals surface area contributed by atoms with Crippen molar-refractivity contribution >= 4 is 21.8 Å². The molecule has 1 amide bonds. The Balaban J connectivity index is 1.91. The van der Waals surface area contributed by atoms with Crippen molar-refractivity contribution in [1.82, 2.24) is 5.32 Å². The van der Waals surface area contributed by atoms with E-state index in [1.54, 1.807) is 6.07 Å². The number of carbonyl (C=O) groups is 1. The zero-order valence-electron chi connectivity index (χ0n) is 9.33. The number of halogens is 1. The second-order valence-corrected chi connectivity index (χ2v) is 5.09. The van der Waals surface area contributed by atoms with E-state index in [9.17, 15) is 4.79 Å². The largest absolute Gasteiger partial charge is 0.457 e. The Morgan fingerprint density at radius 2 is 2.44 bits per heavy atom. The van der Waals surface area contributed by atoms with E-state index in [0.717, 1.165) is 18.8 Å². The molecule has 1 aromatic rings. The molecule has 0 spiro atoms. The van der Waals surface area contributed by atoms with Crippen LogP contribution in [0.3, 0.4) is 0 Å². The molecule has 1 aliphatic rings. The molecule has 1 unspecified atom stereocenters. The van der Waals surface area contributed by atoms with Crippen LogP contribution >= 0.6 is 15.9 Å². The molecule has 1 heterocycles. The summed E-state index contributed by atoms with van der Waals surface area (Å²) in [6, 6.07) is 1.98. The lowest BCUT2D eigenvalue weighted by Crippen LogP contribution is -2.34. The van der Waals surface area contributed by atoms with E-state index in [1.165, 1.54) is 19.1 Å². The van der Waals surface area contributed by atoms with Gasteiger partial charge in [-0.25, -0.2) is 0 Å². The molecule has 1 atom stereocenters. The summed E-state index contributed by atoms with van der Waals surface area (Å²) < 4.78 is 5.56. The van der Waals surface area contributed by atoms with Crippen LogP contribution in [0, 0.1) is 5.92 Å². The molecule has 1 N–H and O–H groups in total. The van der Waals surface area contributed by atoms with Crippen LogP contribution in [0.2, 0.25) is 0 Å². The van der Waals surface area contributed by atoms with Gasteiger partial charge in [0.25, 0.3) is 5.91 Å². The minimum Gasteiger partial charge on any atom is -0.457 e. The Hall–Kier alpha value is -0.770. The normalized spacial score (nSPS) is 17.1. The number of hydrogen-bond donors (Lipinski definition) is 1. The number of hydrogen-bond acceptors (Lipinski definition) is 2. The van der Waals surface area contributed by atoms with Gasteiger partial charge in [-0.2, -0.15) is 0 Å². The minimum atomic E-state index is -0.0480. The predicted molar refractivity (Wildman–Crippen MR) is 65.3 cm³/mol. The van der Waals surface area contributed by atoms with Gasteiger partial charge in [0.15, 0.2) is 4.67 Å². The molecule has 1 fully saturated rings. The third-order valence-corrected chi connectivity index (χ3v) is 3.62. The van der Waals surface area contributed by atoms with Crippen molar-refractivity contribution in [3.05, 3.63) is 22.6 Å². The van der Waals surface area contributed by atoms with E-state index in [4.69, 9.17) is 4.42 Å². The zero-order valence-corrected chi connectivity index (χ0v) is 10.9. The fourth-order valence-corrected chi connectivity index (χ4v) is 2.22. The van der Waals surface area contributed by atoms with E-state index in [0.29, 0.717) is 16.3 Å². The third-order valence-electron chi connectivity index (χ3n) is 3.01. The number of amides is 1. The first-order valence-corrected chi connectivity index (χ1v) is 6.53. The van der Waals surface area contributed by atoms with Crippen LogP contribution in [-0.4, -0.2) is 11.9 Å². The van der Waals surface area contributed by atoms with Gasteiger partial charge in [0.2, 0.25) is 0 Å². The molecule has 0 bridgehead atoms. The highest BCUT2D eigenvalue weighted by Crippen LogP contribution is 2.34. The quantitative estimate of drug-likeness (QED) is 0.902. The van der Waals surface area contributed by atoms with Crippen molar-refractivity contribution in [2.75, 3.05) is 0 Å². The van der Waals surface area contributed by atoms with Crippen LogP contribution in [0.5, 0.6) is 0 Å². The SMILES string of the molecule is CCC(CC1CC1)NC(=O)c1ccoc1Br. The lowest BCUT2D eigenvalue weighted by molar-refractivity contribution is 0.0931. The van der Waals surface area contributed by atoms with Crippen molar-refractivity contribution in [2.45, 2.75) is 38.6 Å². The molecule has 0 saturated heterocycles. The molecule has 1 aromatic heterocycles. The van der Waals surface area contributed by atoms with Crippen molar-refractivity contribution < 1.29 is 9.21 Å².